The molecular formula is C69H97N3O12S3. The Bertz CT molecular complexity index is 2720. The number of aromatic carboxylic acids is 3. The van der Waals surface area contributed by atoms with Crippen molar-refractivity contribution in [3.05, 3.63) is 106 Å². The number of aryl methyl sites for hydroxylation is 3. The van der Waals surface area contributed by atoms with E-state index in [1.54, 1.807) is 71.7 Å². The Kier molecular flexibility index (Phi) is 25.1. The molecule has 3 saturated heterocycles. The highest BCUT2D eigenvalue weighted by atomic mass is 32.2. The number of unbranched alkanes of at least 4 members (excludes halogenated alkanes) is 1. The molecule has 0 spiro atoms. The summed E-state index contributed by atoms with van der Waals surface area (Å²) in [6.45, 7) is 6.51. The lowest BCUT2D eigenvalue weighted by Gasteiger charge is -2.50. The molecular weight excluding hydrogens is 1160 g/mol. The smallest absolute Gasteiger partial charge is 0.335 e. The van der Waals surface area contributed by atoms with Crippen LogP contribution < -0.4 is 0 Å². The molecule has 7 fully saturated rings. The van der Waals surface area contributed by atoms with Crippen molar-refractivity contribution in [3.63, 3.8) is 0 Å². The van der Waals surface area contributed by atoms with Crippen LogP contribution >= 0.6 is 35.3 Å². The van der Waals surface area contributed by atoms with Crippen molar-refractivity contribution in [1.29, 1.82) is 0 Å². The molecule has 7 aliphatic rings. The first kappa shape index (κ1) is 68.3. The number of rotatable bonds is 25. The molecule has 4 saturated carbocycles. The van der Waals surface area contributed by atoms with Gasteiger partial charge in [-0.1, -0.05) is 88.8 Å². The molecule has 3 atom stereocenters. The summed E-state index contributed by atoms with van der Waals surface area (Å²) in [6.07, 6.45) is 27.5. The van der Waals surface area contributed by atoms with Crippen molar-refractivity contribution in [3.8, 4) is 0 Å². The molecule has 10 rings (SSSR count). The minimum absolute atomic E-state index is 0.185. The molecule has 87 heavy (non-hydrogen) atoms. The molecule has 3 amide bonds. The van der Waals surface area contributed by atoms with Crippen molar-refractivity contribution in [2.45, 2.75) is 227 Å². The maximum atomic E-state index is 12.5. The van der Waals surface area contributed by atoms with Crippen LogP contribution in [0.1, 0.15) is 222 Å². The van der Waals surface area contributed by atoms with Crippen LogP contribution in [0.5, 0.6) is 0 Å². The quantitative estimate of drug-likeness (QED) is 0.0433. The van der Waals surface area contributed by atoms with Crippen LogP contribution in [-0.2, 0) is 33.6 Å². The maximum Gasteiger partial charge on any atom is 0.335 e. The summed E-state index contributed by atoms with van der Waals surface area (Å²) < 4.78 is 0. The lowest BCUT2D eigenvalue weighted by Crippen LogP contribution is -2.52. The first-order chi connectivity index (χ1) is 41.6. The van der Waals surface area contributed by atoms with Crippen molar-refractivity contribution in [1.82, 2.24) is 14.7 Å². The zero-order chi connectivity index (χ0) is 62.2. The van der Waals surface area contributed by atoms with Gasteiger partial charge in [0.05, 0.1) is 66.9 Å². The number of hydrogen-bond donors (Lipinski definition) is 6. The molecule has 3 aliphatic heterocycles. The third-order valence-electron chi connectivity index (χ3n) is 20.1. The highest BCUT2D eigenvalue weighted by Crippen LogP contribution is 2.50. The first-order valence-electron chi connectivity index (χ1n) is 32.5. The Morgan fingerprint density at radius 1 is 0.437 bits per heavy atom. The normalized spacial score (nSPS) is 25.6. The zero-order valence-corrected chi connectivity index (χ0v) is 54.0. The standard InChI is InChI=1S/C24H33NO4S.C23H33NO4S.C22H31NO4S/c26-21-16-30-22(9-1-4-17-10-12-18(13-11-17)23(27)28)25(21)15-14-24(29)19-5-2-6-20(24)8-3-7-19;1-22(2)10-12-23(28,13-11-22)14-15-24-19(25)16-29-20(24)5-3-4-17-6-8-18(9-7-17)21(26)27;24-19-16-28-20(23(19)15-14-22(27)12-4-1-5-13-22)7-3-2-6-17-8-10-18(11-9-17)21(25)26/h10-13,19-20,22,29H,1-9,14-16H2,(H,27,28);6-9,20,28H,3-5,10-16H2,1-2H3,(H,26,27);8-11,20,27H,1-7,12-16H2,(H,25,26). The number of carbonyl (C=O) groups is 6. The van der Waals surface area contributed by atoms with Crippen LogP contribution in [0.15, 0.2) is 72.8 Å². The van der Waals surface area contributed by atoms with E-state index in [2.05, 4.69) is 13.8 Å². The van der Waals surface area contributed by atoms with Crippen LogP contribution in [0, 0.1) is 17.3 Å². The highest BCUT2D eigenvalue weighted by Gasteiger charge is 2.49. The van der Waals surface area contributed by atoms with Gasteiger partial charge >= 0.3 is 17.9 Å². The number of amides is 3. The SMILES string of the molecule is CC1(C)CCC(O)(CCN2C(=O)CSC2CCCc2ccc(C(=O)O)cc2)CC1.O=C(O)c1ccc(CCCC2SCC(=O)N2CCC2(O)C3CCCC2CCC3)cc1.O=C(O)c1ccc(CCCCC2SCC(=O)N2CCC2(O)CCCCC2)cc1. The van der Waals surface area contributed by atoms with Crippen molar-refractivity contribution in [2.24, 2.45) is 17.3 Å². The zero-order valence-electron chi connectivity index (χ0n) is 51.6. The molecule has 2 bridgehead atoms. The Morgan fingerprint density at radius 3 is 1.14 bits per heavy atom. The average Bonchev–Trinajstić information content (AvgIpc) is 1.71. The Balaban J connectivity index is 0.000000169. The Hall–Kier alpha value is -4.59. The number of carboxylic acid groups (broad SMARTS) is 3. The number of hydrogen-bond acceptors (Lipinski definition) is 12. The predicted octanol–water partition coefficient (Wildman–Crippen LogP) is 12.7. The largest absolute Gasteiger partial charge is 0.478 e. The minimum atomic E-state index is -0.906. The van der Waals surface area contributed by atoms with Crippen molar-refractivity contribution >= 4 is 70.9 Å². The van der Waals surface area contributed by atoms with E-state index < -0.39 is 34.7 Å². The molecule has 3 aromatic rings. The monoisotopic (exact) mass is 1260 g/mol. The molecule has 478 valence electrons. The van der Waals surface area contributed by atoms with E-state index in [-0.39, 0.29) is 33.8 Å². The fourth-order valence-corrected chi connectivity index (χ4v) is 18.1. The molecule has 3 aromatic carbocycles. The molecule has 0 radical (unpaired) electrons. The first-order valence-corrected chi connectivity index (χ1v) is 35.6. The highest BCUT2D eigenvalue weighted by molar-refractivity contribution is 8.01. The maximum absolute atomic E-state index is 12.5. The fourth-order valence-electron chi connectivity index (χ4n) is 14.4. The summed E-state index contributed by atoms with van der Waals surface area (Å²) in [6, 6.07) is 21.2. The molecule has 6 N–H and O–H groups in total. The molecule has 4 aliphatic carbocycles. The summed E-state index contributed by atoms with van der Waals surface area (Å²) in [5, 5.41) is 60.7. The van der Waals surface area contributed by atoms with E-state index in [1.807, 2.05) is 51.1 Å². The van der Waals surface area contributed by atoms with E-state index >= 15 is 0 Å². The molecule has 3 heterocycles. The van der Waals surface area contributed by atoms with Gasteiger partial charge in [0.1, 0.15) is 0 Å². The van der Waals surface area contributed by atoms with E-state index in [9.17, 15) is 44.1 Å². The molecule has 18 heteroatoms. The summed E-state index contributed by atoms with van der Waals surface area (Å²) in [4.78, 5) is 75.9. The van der Waals surface area contributed by atoms with Crippen LogP contribution in [-0.4, -0.2) is 151 Å². The van der Waals surface area contributed by atoms with Gasteiger partial charge in [-0.15, -0.1) is 35.3 Å². The van der Waals surface area contributed by atoms with Gasteiger partial charge in [-0.25, -0.2) is 14.4 Å². The van der Waals surface area contributed by atoms with Gasteiger partial charge < -0.3 is 45.3 Å². The second-order valence-electron chi connectivity index (χ2n) is 26.8. The number of fused-ring (bicyclic) bond motifs is 2. The Morgan fingerprint density at radius 2 is 0.770 bits per heavy atom. The van der Waals surface area contributed by atoms with Gasteiger partial charge in [-0.2, -0.15) is 0 Å². The van der Waals surface area contributed by atoms with Crippen molar-refractivity contribution < 1.29 is 59.4 Å². The number of nitrogens with zero attached hydrogens (tertiary/aromatic N) is 3. The van der Waals surface area contributed by atoms with Gasteiger partial charge in [-0.05, 0) is 212 Å². The van der Waals surface area contributed by atoms with Crippen molar-refractivity contribution in [2.75, 3.05) is 36.9 Å². The lowest BCUT2D eigenvalue weighted by atomic mass is 9.60. The van der Waals surface area contributed by atoms with Crippen LogP contribution in [0.4, 0.5) is 0 Å². The summed E-state index contributed by atoms with van der Waals surface area (Å²) >= 11 is 5.15. The van der Waals surface area contributed by atoms with Gasteiger partial charge in [-0.3, -0.25) is 14.4 Å². The number of benzene rings is 3. The second kappa shape index (κ2) is 31.9. The predicted molar refractivity (Wildman–Crippen MR) is 346 cm³/mol. The van der Waals surface area contributed by atoms with E-state index in [0.29, 0.717) is 83.7 Å². The molecule has 3 unspecified atom stereocenters. The van der Waals surface area contributed by atoms with E-state index in [1.165, 1.54) is 19.3 Å². The topological polar surface area (TPSA) is 234 Å². The third-order valence-corrected chi connectivity index (χ3v) is 24.0. The van der Waals surface area contributed by atoms with Gasteiger partial charge in [0, 0.05) is 19.6 Å². The Labute approximate surface area is 529 Å². The van der Waals surface area contributed by atoms with Gasteiger partial charge in [0.2, 0.25) is 17.7 Å². The van der Waals surface area contributed by atoms with Crippen LogP contribution in [0.25, 0.3) is 0 Å². The number of aliphatic hydroxyl groups is 3. The minimum Gasteiger partial charge on any atom is -0.478 e. The summed E-state index contributed by atoms with van der Waals surface area (Å²) in [5.74, 6) is 0.368. The lowest BCUT2D eigenvalue weighted by molar-refractivity contribution is -0.137. The second-order valence-corrected chi connectivity index (χ2v) is 30.3. The number of carbonyl (C=O) groups excluding carboxylic acids is 3. The summed E-state index contributed by atoms with van der Waals surface area (Å²) in [7, 11) is 0. The third kappa shape index (κ3) is 19.7. The molecule has 0 aromatic heterocycles. The van der Waals surface area contributed by atoms with Gasteiger partial charge in [0.25, 0.3) is 0 Å². The van der Waals surface area contributed by atoms with E-state index in [0.717, 1.165) is 164 Å². The van der Waals surface area contributed by atoms with Crippen LogP contribution in [0.2, 0.25) is 0 Å². The fraction of sp³-hybridized carbons (Fsp3) is 0.652. The number of thioether (sulfide) groups is 3. The van der Waals surface area contributed by atoms with E-state index in [4.69, 9.17) is 15.3 Å². The molecule has 15 nitrogen and oxygen atoms in total. The summed E-state index contributed by atoms with van der Waals surface area (Å²) in [5.41, 5.74) is 2.89. The van der Waals surface area contributed by atoms with Gasteiger partial charge in [0.15, 0.2) is 0 Å². The van der Waals surface area contributed by atoms with Crippen LogP contribution in [0.3, 0.4) is 0 Å². The average molecular weight is 1260 g/mol. The number of carboxylic acids is 3.